The topological polar surface area (TPSA) is 33.4 Å². The van der Waals surface area contributed by atoms with Crippen molar-refractivity contribution in [3.8, 4) is 0 Å². The molecule has 3 aromatic rings. The lowest BCUT2D eigenvalue weighted by Crippen LogP contribution is -2.18. The molecule has 0 aliphatic heterocycles. The molecule has 4 nitrogen and oxygen atoms in total. The zero-order valence-corrected chi connectivity index (χ0v) is 11.2. The van der Waals surface area contributed by atoms with Crippen molar-refractivity contribution in [3.63, 3.8) is 0 Å². The molecule has 0 amide bonds. The molecule has 0 atom stereocenters. The smallest absolute Gasteiger partial charge is 0.155 e. The zero-order valence-electron chi connectivity index (χ0n) is 10.5. The first-order valence-corrected chi connectivity index (χ1v) is 6.37. The number of hydrogen-bond donors (Lipinski definition) is 0. The maximum atomic E-state index is 6.03. The molecule has 0 aliphatic rings. The van der Waals surface area contributed by atoms with E-state index in [1.807, 2.05) is 37.4 Å². The van der Waals surface area contributed by atoms with E-state index in [0.717, 1.165) is 18.0 Å². The van der Waals surface area contributed by atoms with Crippen LogP contribution in [0.3, 0.4) is 0 Å². The van der Waals surface area contributed by atoms with Crippen LogP contribution in [0.5, 0.6) is 0 Å². The first-order chi connectivity index (χ1) is 9.24. The molecule has 2 aromatic heterocycles. The van der Waals surface area contributed by atoms with Crippen molar-refractivity contribution in [3.05, 3.63) is 59.4 Å². The van der Waals surface area contributed by atoms with E-state index in [9.17, 15) is 0 Å². The second-order valence-corrected chi connectivity index (χ2v) is 4.77. The fraction of sp³-hybridized carbons (Fsp3) is 0.143. The summed E-state index contributed by atoms with van der Waals surface area (Å²) in [5.74, 6) is 0.858. The summed E-state index contributed by atoms with van der Waals surface area (Å²) in [6.45, 7) is 0.797. The second-order valence-electron chi connectivity index (χ2n) is 4.38. The van der Waals surface area contributed by atoms with Gasteiger partial charge in [-0.15, -0.1) is 5.10 Å². The number of rotatable bonds is 3. The van der Waals surface area contributed by atoms with E-state index in [1.54, 1.807) is 10.7 Å². The molecule has 0 aliphatic carbocycles. The van der Waals surface area contributed by atoms with E-state index in [2.05, 4.69) is 27.1 Å². The minimum Gasteiger partial charge on any atom is -0.354 e. The summed E-state index contributed by atoms with van der Waals surface area (Å²) in [7, 11) is 2.01. The monoisotopic (exact) mass is 272 g/mol. The molecule has 0 unspecified atom stereocenters. The van der Waals surface area contributed by atoms with E-state index in [4.69, 9.17) is 11.6 Å². The van der Waals surface area contributed by atoms with Gasteiger partial charge in [-0.1, -0.05) is 41.9 Å². The van der Waals surface area contributed by atoms with Crippen molar-refractivity contribution >= 4 is 23.1 Å². The van der Waals surface area contributed by atoms with Gasteiger partial charge in [0.1, 0.15) is 5.82 Å². The molecule has 1 aromatic carbocycles. The summed E-state index contributed by atoms with van der Waals surface area (Å²) in [5.41, 5.74) is 1.99. The van der Waals surface area contributed by atoms with E-state index in [-0.39, 0.29) is 0 Å². The molecule has 0 bridgehead atoms. The minimum absolute atomic E-state index is 0.518. The molecule has 5 heteroatoms. The Morgan fingerprint density at radius 1 is 1.16 bits per heavy atom. The van der Waals surface area contributed by atoms with Crippen LogP contribution >= 0.6 is 11.6 Å². The van der Waals surface area contributed by atoms with Gasteiger partial charge in [0.25, 0.3) is 0 Å². The fourth-order valence-electron chi connectivity index (χ4n) is 1.98. The van der Waals surface area contributed by atoms with Gasteiger partial charge in [0.15, 0.2) is 10.8 Å². The van der Waals surface area contributed by atoms with Gasteiger partial charge < -0.3 is 4.90 Å². The van der Waals surface area contributed by atoms with Gasteiger partial charge in [-0.25, -0.2) is 9.50 Å². The number of hydrogen-bond acceptors (Lipinski definition) is 3. The van der Waals surface area contributed by atoms with Crippen LogP contribution in [0, 0.1) is 0 Å². The summed E-state index contributed by atoms with van der Waals surface area (Å²) in [6.07, 6.45) is 1.60. The average Bonchev–Trinajstić information content (AvgIpc) is 2.81. The van der Waals surface area contributed by atoms with E-state index < -0.39 is 0 Å². The molecule has 0 saturated heterocycles. The van der Waals surface area contributed by atoms with Crippen molar-refractivity contribution in [2.45, 2.75) is 6.54 Å². The van der Waals surface area contributed by atoms with Crippen LogP contribution < -0.4 is 4.90 Å². The average molecular weight is 273 g/mol. The zero-order chi connectivity index (χ0) is 13.2. The third kappa shape index (κ3) is 2.39. The van der Waals surface area contributed by atoms with E-state index >= 15 is 0 Å². The largest absolute Gasteiger partial charge is 0.354 e. The highest BCUT2D eigenvalue weighted by Gasteiger charge is 2.07. The quantitative estimate of drug-likeness (QED) is 0.735. The highest BCUT2D eigenvalue weighted by Crippen LogP contribution is 2.16. The van der Waals surface area contributed by atoms with Crippen LogP contribution in [0.1, 0.15) is 5.56 Å². The van der Waals surface area contributed by atoms with Crippen LogP contribution in [0.2, 0.25) is 5.15 Å². The van der Waals surface area contributed by atoms with E-state index in [1.165, 1.54) is 5.56 Å². The SMILES string of the molecule is CN(Cc1ccccc1)c1ccc2ncc(Cl)n2n1. The minimum atomic E-state index is 0.518. The predicted molar refractivity (Wildman–Crippen MR) is 76.5 cm³/mol. The second kappa shape index (κ2) is 4.90. The van der Waals surface area contributed by atoms with Crippen molar-refractivity contribution in [2.75, 3.05) is 11.9 Å². The lowest BCUT2D eigenvalue weighted by atomic mass is 10.2. The molecular weight excluding hydrogens is 260 g/mol. The van der Waals surface area contributed by atoms with Gasteiger partial charge in [0.2, 0.25) is 0 Å². The van der Waals surface area contributed by atoms with E-state index in [0.29, 0.717) is 5.15 Å². The van der Waals surface area contributed by atoms with Crippen molar-refractivity contribution in [1.29, 1.82) is 0 Å². The molecule has 0 N–H and O–H groups in total. The van der Waals surface area contributed by atoms with Crippen LogP contribution in [-0.4, -0.2) is 21.6 Å². The number of aromatic nitrogens is 3. The lowest BCUT2D eigenvalue weighted by Gasteiger charge is -2.18. The number of fused-ring (bicyclic) bond motifs is 1. The van der Waals surface area contributed by atoms with Gasteiger partial charge in [-0.05, 0) is 17.7 Å². The van der Waals surface area contributed by atoms with Crippen molar-refractivity contribution < 1.29 is 0 Å². The maximum absolute atomic E-state index is 6.03. The van der Waals surface area contributed by atoms with Gasteiger partial charge in [-0.2, -0.15) is 0 Å². The Bertz CT molecular complexity index is 693. The number of nitrogens with zero attached hydrogens (tertiary/aromatic N) is 4. The Hall–Kier alpha value is -2.07. The molecule has 19 heavy (non-hydrogen) atoms. The van der Waals surface area contributed by atoms with Crippen LogP contribution in [-0.2, 0) is 6.54 Å². The van der Waals surface area contributed by atoms with Gasteiger partial charge in [0, 0.05) is 13.6 Å². The fourth-order valence-corrected chi connectivity index (χ4v) is 2.15. The lowest BCUT2D eigenvalue weighted by molar-refractivity contribution is 0.841. The molecule has 2 heterocycles. The van der Waals surface area contributed by atoms with Gasteiger partial charge >= 0.3 is 0 Å². The normalized spacial score (nSPS) is 10.8. The summed E-state index contributed by atoms with van der Waals surface area (Å²) in [6, 6.07) is 14.1. The molecule has 0 fully saturated rings. The number of imidazole rings is 1. The Morgan fingerprint density at radius 3 is 2.74 bits per heavy atom. The van der Waals surface area contributed by atoms with Gasteiger partial charge in [0.05, 0.1) is 6.20 Å². The molecule has 0 spiro atoms. The summed E-state index contributed by atoms with van der Waals surface area (Å²) in [5, 5.41) is 5.00. The van der Waals surface area contributed by atoms with Crippen LogP contribution in [0.15, 0.2) is 48.7 Å². The van der Waals surface area contributed by atoms with Crippen LogP contribution in [0.4, 0.5) is 5.82 Å². The highest BCUT2D eigenvalue weighted by molar-refractivity contribution is 6.29. The van der Waals surface area contributed by atoms with Gasteiger partial charge in [-0.3, -0.25) is 0 Å². The number of anilines is 1. The number of halogens is 1. The van der Waals surface area contributed by atoms with Crippen molar-refractivity contribution in [2.24, 2.45) is 0 Å². The Kier molecular flexibility index (Phi) is 3.09. The molecule has 0 saturated carbocycles. The summed E-state index contributed by atoms with van der Waals surface area (Å²) in [4.78, 5) is 6.23. The summed E-state index contributed by atoms with van der Waals surface area (Å²) < 4.78 is 1.64. The molecule has 96 valence electrons. The standard InChI is InChI=1S/C14H13ClN4/c1-18(10-11-5-3-2-4-6-11)14-8-7-13-16-9-12(15)19(13)17-14/h2-9H,10H2,1H3. The highest BCUT2D eigenvalue weighted by atomic mass is 35.5. The predicted octanol–water partition coefficient (Wildman–Crippen LogP) is 3.02. The Labute approximate surface area is 116 Å². The Balaban J connectivity index is 1.89. The van der Waals surface area contributed by atoms with Crippen LogP contribution in [0.25, 0.3) is 5.65 Å². The molecular formula is C14H13ClN4. The first kappa shape index (κ1) is 12.0. The molecule has 3 rings (SSSR count). The molecule has 0 radical (unpaired) electrons. The Morgan fingerprint density at radius 2 is 1.95 bits per heavy atom. The number of benzene rings is 1. The maximum Gasteiger partial charge on any atom is 0.155 e. The first-order valence-electron chi connectivity index (χ1n) is 5.99. The third-order valence-electron chi connectivity index (χ3n) is 2.96. The summed E-state index contributed by atoms with van der Waals surface area (Å²) >= 11 is 6.03. The third-order valence-corrected chi connectivity index (χ3v) is 3.22. The van der Waals surface area contributed by atoms with Crippen molar-refractivity contribution in [1.82, 2.24) is 14.6 Å².